The lowest BCUT2D eigenvalue weighted by atomic mass is 10.1. The molecule has 0 fully saturated rings. The van der Waals surface area contributed by atoms with Crippen LogP contribution >= 0.6 is 10.9 Å². The number of para-hydroxylation sites is 2. The number of alkyl halides is 3. The lowest BCUT2D eigenvalue weighted by Gasteiger charge is -2.25. The van der Waals surface area contributed by atoms with Crippen molar-refractivity contribution in [3.63, 3.8) is 0 Å². The molecular weight excluding hydrogens is 305 g/mol. The van der Waals surface area contributed by atoms with E-state index in [0.29, 0.717) is 28.0 Å². The molecule has 2 heterocycles. The first-order chi connectivity index (χ1) is 9.80. The highest BCUT2D eigenvalue weighted by atomic mass is 32.1. The summed E-state index contributed by atoms with van der Waals surface area (Å²) < 4.78 is 37.7. The largest absolute Gasteiger partial charge is 0.455 e. The maximum absolute atomic E-state index is 12.6. The van der Waals surface area contributed by atoms with Gasteiger partial charge in [0.2, 0.25) is 0 Å². The van der Waals surface area contributed by atoms with Gasteiger partial charge in [-0.25, -0.2) is 4.99 Å². The van der Waals surface area contributed by atoms with Crippen LogP contribution < -0.4 is 4.90 Å². The highest BCUT2D eigenvalue weighted by molar-refractivity contribution is 8.03. The molecule has 2 aliphatic heterocycles. The van der Waals surface area contributed by atoms with E-state index in [1.54, 1.807) is 31.2 Å². The van der Waals surface area contributed by atoms with Crippen molar-refractivity contribution >= 4 is 49.6 Å². The van der Waals surface area contributed by atoms with Crippen molar-refractivity contribution in [2.75, 3.05) is 4.90 Å². The van der Waals surface area contributed by atoms with Gasteiger partial charge < -0.3 is 0 Å². The number of anilines is 1. The third-order valence-electron chi connectivity index (χ3n) is 2.98. The van der Waals surface area contributed by atoms with Gasteiger partial charge in [-0.2, -0.15) is 13.2 Å². The molecule has 1 amide bonds. The Hall–Kier alpha value is -2.22. The second-order valence-corrected chi connectivity index (χ2v) is 5.39. The van der Waals surface area contributed by atoms with Crippen LogP contribution in [0.3, 0.4) is 0 Å². The minimum atomic E-state index is -5.07. The Kier molecular flexibility index (Phi) is 2.87. The van der Waals surface area contributed by atoms with Crippen molar-refractivity contribution in [3.05, 3.63) is 24.3 Å². The van der Waals surface area contributed by atoms with Crippen molar-refractivity contribution < 1.29 is 22.8 Å². The number of hydrogen-bond donors (Lipinski definition) is 0. The quantitative estimate of drug-likeness (QED) is 0.747. The minimum Gasteiger partial charge on any atom is -0.283 e. The van der Waals surface area contributed by atoms with Gasteiger partial charge in [-0.3, -0.25) is 14.5 Å². The standard InChI is InChI=1S/C13H7F3N2O2S/c1-6-12-18(8-5-3-2-4-7(8)17-6)11(20)9(21-12)10(19)13(14,15)16/h2-5H,1H3. The number of rotatable bonds is 1. The summed E-state index contributed by atoms with van der Waals surface area (Å²) in [5, 5.41) is 0. The summed E-state index contributed by atoms with van der Waals surface area (Å²) in [6.07, 6.45) is -5.07. The summed E-state index contributed by atoms with van der Waals surface area (Å²) >= 11 is 0. The highest BCUT2D eigenvalue weighted by Gasteiger charge is 2.47. The smallest absolute Gasteiger partial charge is 0.283 e. The topological polar surface area (TPSA) is 49.7 Å². The zero-order valence-corrected chi connectivity index (χ0v) is 11.4. The number of aliphatic imine (C=N–C) groups is 1. The normalized spacial score (nSPS) is 17.2. The molecule has 0 saturated carbocycles. The number of carbonyl (C=O) groups is 2. The minimum absolute atomic E-state index is 0.242. The second-order valence-electron chi connectivity index (χ2n) is 4.39. The summed E-state index contributed by atoms with van der Waals surface area (Å²) in [5.41, 5.74) is 1.26. The first-order valence-corrected chi connectivity index (χ1v) is 6.65. The van der Waals surface area contributed by atoms with Crippen LogP contribution in [0.5, 0.6) is 0 Å². The SMILES string of the molecule is CC1=Nc2ccccc2N2C(=O)C(C(=O)C(F)(F)F)=S=C12. The van der Waals surface area contributed by atoms with Gasteiger partial charge in [-0.05, 0) is 19.1 Å². The van der Waals surface area contributed by atoms with E-state index in [1.165, 1.54) is 0 Å². The zero-order valence-electron chi connectivity index (χ0n) is 10.6. The number of amides is 1. The van der Waals surface area contributed by atoms with Crippen LogP contribution in [0.1, 0.15) is 6.92 Å². The number of hydrogen-bond acceptors (Lipinski definition) is 3. The van der Waals surface area contributed by atoms with Gasteiger partial charge in [-0.15, -0.1) is 10.9 Å². The fourth-order valence-corrected chi connectivity index (χ4v) is 3.13. The highest BCUT2D eigenvalue weighted by Crippen LogP contribution is 2.35. The van der Waals surface area contributed by atoms with E-state index in [2.05, 4.69) is 4.99 Å². The Morgan fingerprint density at radius 3 is 2.62 bits per heavy atom. The van der Waals surface area contributed by atoms with Gasteiger partial charge in [0.25, 0.3) is 11.7 Å². The lowest BCUT2D eigenvalue weighted by molar-refractivity contribution is -0.163. The molecule has 4 nitrogen and oxygen atoms in total. The van der Waals surface area contributed by atoms with E-state index in [4.69, 9.17) is 0 Å². The van der Waals surface area contributed by atoms with E-state index >= 15 is 0 Å². The van der Waals surface area contributed by atoms with Gasteiger partial charge >= 0.3 is 6.18 Å². The number of carbonyl (C=O) groups excluding carboxylic acids is 2. The average molecular weight is 312 g/mol. The maximum atomic E-state index is 12.6. The summed E-state index contributed by atoms with van der Waals surface area (Å²) in [5.74, 6) is -3.08. The molecule has 0 N–H and O–H groups in total. The average Bonchev–Trinajstić information content (AvgIpc) is 2.76. The molecule has 0 aliphatic carbocycles. The lowest BCUT2D eigenvalue weighted by Crippen LogP contribution is -2.44. The van der Waals surface area contributed by atoms with Crippen LogP contribution in [-0.4, -0.2) is 33.4 Å². The maximum Gasteiger partial charge on any atom is 0.455 e. The van der Waals surface area contributed by atoms with Crippen LogP contribution in [0.4, 0.5) is 24.5 Å². The molecular formula is C13H7F3N2O2S. The molecule has 0 unspecified atom stereocenters. The second kappa shape index (κ2) is 4.39. The molecule has 0 bridgehead atoms. The Morgan fingerprint density at radius 2 is 1.95 bits per heavy atom. The molecule has 8 heteroatoms. The van der Waals surface area contributed by atoms with E-state index in [0.717, 1.165) is 4.90 Å². The van der Waals surface area contributed by atoms with Gasteiger partial charge in [0, 0.05) is 0 Å². The number of Topliss-reactive ketones (excluding diaryl/α,β-unsaturated/α-hetero) is 1. The Balaban J connectivity index is 2.16. The van der Waals surface area contributed by atoms with Crippen molar-refractivity contribution in [3.8, 4) is 0 Å². The van der Waals surface area contributed by atoms with E-state index in [1.807, 2.05) is 0 Å². The van der Waals surface area contributed by atoms with Crippen molar-refractivity contribution in [2.45, 2.75) is 13.1 Å². The van der Waals surface area contributed by atoms with Crippen LogP contribution in [0, 0.1) is 0 Å². The molecule has 1 aromatic carbocycles. The van der Waals surface area contributed by atoms with Crippen LogP contribution in [0.2, 0.25) is 0 Å². The Labute approximate surface area is 120 Å². The molecule has 0 radical (unpaired) electrons. The number of benzene rings is 1. The van der Waals surface area contributed by atoms with Crippen molar-refractivity contribution in [1.29, 1.82) is 0 Å². The molecule has 0 aromatic heterocycles. The van der Waals surface area contributed by atoms with Gasteiger partial charge in [0.05, 0.1) is 17.1 Å². The summed E-state index contributed by atoms with van der Waals surface area (Å²) in [7, 11) is 0.519. The van der Waals surface area contributed by atoms with Gasteiger partial charge in [0.15, 0.2) is 0 Å². The van der Waals surface area contributed by atoms with Crippen molar-refractivity contribution in [1.82, 2.24) is 0 Å². The molecule has 3 rings (SSSR count). The fraction of sp³-hybridized carbons (Fsp3) is 0.154. The number of fused-ring (bicyclic) bond motifs is 3. The number of ketones is 1. The predicted molar refractivity (Wildman–Crippen MR) is 75.4 cm³/mol. The first-order valence-electron chi connectivity index (χ1n) is 5.83. The first kappa shape index (κ1) is 13.7. The summed E-state index contributed by atoms with van der Waals surface area (Å²) in [6, 6.07) is 6.58. The van der Waals surface area contributed by atoms with E-state index in [9.17, 15) is 22.8 Å². The van der Waals surface area contributed by atoms with E-state index < -0.39 is 22.7 Å². The predicted octanol–water partition coefficient (Wildman–Crippen LogP) is 2.31. The Morgan fingerprint density at radius 1 is 1.29 bits per heavy atom. The summed E-state index contributed by atoms with van der Waals surface area (Å²) in [4.78, 5) is 28.3. The molecule has 108 valence electrons. The van der Waals surface area contributed by atoms with Crippen LogP contribution in [0.15, 0.2) is 29.3 Å². The van der Waals surface area contributed by atoms with Gasteiger partial charge in [-0.1, -0.05) is 12.1 Å². The number of halogens is 3. The molecule has 0 atom stereocenters. The third kappa shape index (κ3) is 2.02. The van der Waals surface area contributed by atoms with Crippen LogP contribution in [-0.2, 0) is 9.59 Å². The van der Waals surface area contributed by atoms with Crippen molar-refractivity contribution in [2.24, 2.45) is 4.99 Å². The monoisotopic (exact) mass is 312 g/mol. The summed E-state index contributed by atoms with van der Waals surface area (Å²) in [6.45, 7) is 1.58. The Bertz CT molecular complexity index is 789. The third-order valence-corrected chi connectivity index (χ3v) is 4.22. The molecule has 0 saturated heterocycles. The fourth-order valence-electron chi connectivity index (χ4n) is 2.08. The van der Waals surface area contributed by atoms with E-state index in [-0.39, 0.29) is 4.99 Å². The van der Waals surface area contributed by atoms with Crippen LogP contribution in [0.25, 0.3) is 0 Å². The molecule has 0 spiro atoms. The molecule has 21 heavy (non-hydrogen) atoms. The number of nitrogens with zero attached hydrogens (tertiary/aromatic N) is 2. The van der Waals surface area contributed by atoms with Gasteiger partial charge in [0.1, 0.15) is 9.85 Å². The molecule has 2 aliphatic rings. The molecule has 1 aromatic rings. The zero-order chi connectivity index (χ0) is 15.4.